The van der Waals surface area contributed by atoms with Gasteiger partial charge in [0.15, 0.2) is 0 Å². The number of methoxy groups -OCH3 is 1. The molecule has 0 bridgehead atoms. The molecule has 5 rings (SSSR count). The zero-order valence-electron chi connectivity index (χ0n) is 18.5. The summed E-state index contributed by atoms with van der Waals surface area (Å²) in [5, 5.41) is 2.61. The predicted molar refractivity (Wildman–Crippen MR) is 125 cm³/mol. The number of likely N-dealkylation sites (tertiary alicyclic amines) is 1. The standard InChI is InChI=1S/C27H27FN2O3/c1-32-21-10-7-18(8-11-21)14-30-15-23-24(16-30)26(23)22-12-9-20(13-25(22)28)29-27(31)33-17-19-5-3-2-4-6-19/h2-13,23-24,26H,14-17H2,1H3,(H,29,31)/t23-,24+,26?. The molecule has 3 aromatic rings. The SMILES string of the molecule is COc1ccc(CN2C[C@@H]3C(c4ccc(NC(=O)OCc5ccccc5)cc4F)[C@@H]3C2)cc1. The molecular formula is C27H27FN2O3. The van der Waals surface area contributed by atoms with Gasteiger partial charge in [-0.05, 0) is 58.7 Å². The summed E-state index contributed by atoms with van der Waals surface area (Å²) in [5.74, 6) is 1.84. The van der Waals surface area contributed by atoms with Crippen LogP contribution in [-0.4, -0.2) is 31.2 Å². The van der Waals surface area contributed by atoms with Crippen molar-refractivity contribution in [3.05, 3.63) is 95.3 Å². The smallest absolute Gasteiger partial charge is 0.411 e. The molecule has 1 N–H and O–H groups in total. The number of nitrogens with zero attached hydrogens (tertiary/aromatic N) is 1. The number of amides is 1. The molecule has 2 aliphatic rings. The number of carbonyl (C=O) groups excluding carboxylic acids is 1. The van der Waals surface area contributed by atoms with E-state index in [1.807, 2.05) is 42.5 Å². The number of carbonyl (C=O) groups is 1. The van der Waals surface area contributed by atoms with Gasteiger partial charge in [-0.25, -0.2) is 9.18 Å². The molecule has 1 aliphatic carbocycles. The summed E-state index contributed by atoms with van der Waals surface area (Å²) >= 11 is 0. The number of hydrogen-bond acceptors (Lipinski definition) is 4. The van der Waals surface area contributed by atoms with Gasteiger partial charge in [0.1, 0.15) is 18.2 Å². The van der Waals surface area contributed by atoms with E-state index in [0.717, 1.165) is 36.5 Å². The van der Waals surface area contributed by atoms with Crippen LogP contribution in [0, 0.1) is 17.7 Å². The third-order valence-corrected chi connectivity index (χ3v) is 6.65. The Morgan fingerprint density at radius 3 is 2.39 bits per heavy atom. The maximum absolute atomic E-state index is 14.8. The highest BCUT2D eigenvalue weighted by atomic mass is 19.1. The van der Waals surface area contributed by atoms with Crippen LogP contribution in [0.1, 0.15) is 22.6 Å². The third kappa shape index (κ3) is 4.86. The zero-order valence-corrected chi connectivity index (χ0v) is 18.5. The van der Waals surface area contributed by atoms with Gasteiger partial charge < -0.3 is 9.47 Å². The molecule has 0 radical (unpaired) electrons. The van der Waals surface area contributed by atoms with Crippen LogP contribution < -0.4 is 10.1 Å². The predicted octanol–water partition coefficient (Wildman–Crippen LogP) is 5.43. The van der Waals surface area contributed by atoms with Gasteiger partial charge in [-0.15, -0.1) is 0 Å². The number of benzene rings is 3. The van der Waals surface area contributed by atoms with Crippen molar-refractivity contribution in [3.63, 3.8) is 0 Å². The highest BCUT2D eigenvalue weighted by Crippen LogP contribution is 2.58. The van der Waals surface area contributed by atoms with E-state index in [-0.39, 0.29) is 18.3 Å². The lowest BCUT2D eigenvalue weighted by Crippen LogP contribution is -2.23. The highest BCUT2D eigenvalue weighted by Gasteiger charge is 2.56. The average molecular weight is 447 g/mol. The third-order valence-electron chi connectivity index (χ3n) is 6.65. The van der Waals surface area contributed by atoms with Crippen LogP contribution in [0.5, 0.6) is 5.75 Å². The topological polar surface area (TPSA) is 50.8 Å². The van der Waals surface area contributed by atoms with E-state index < -0.39 is 6.09 Å². The summed E-state index contributed by atoms with van der Waals surface area (Å²) in [4.78, 5) is 14.5. The van der Waals surface area contributed by atoms with Gasteiger partial charge >= 0.3 is 6.09 Å². The van der Waals surface area contributed by atoms with Crippen molar-refractivity contribution in [1.82, 2.24) is 4.90 Å². The number of ether oxygens (including phenoxy) is 2. The molecule has 6 heteroatoms. The summed E-state index contributed by atoms with van der Waals surface area (Å²) in [5.41, 5.74) is 3.31. The molecule has 1 amide bonds. The van der Waals surface area contributed by atoms with Crippen molar-refractivity contribution < 1.29 is 18.7 Å². The molecule has 1 unspecified atom stereocenters. The van der Waals surface area contributed by atoms with Crippen LogP contribution in [0.15, 0.2) is 72.8 Å². The van der Waals surface area contributed by atoms with Gasteiger partial charge in [0.2, 0.25) is 0 Å². The van der Waals surface area contributed by atoms with E-state index in [1.165, 1.54) is 11.6 Å². The number of anilines is 1. The summed E-state index contributed by atoms with van der Waals surface area (Å²) in [6.45, 7) is 3.03. The second-order valence-corrected chi connectivity index (χ2v) is 8.82. The van der Waals surface area contributed by atoms with Crippen molar-refractivity contribution >= 4 is 11.8 Å². The Hall–Kier alpha value is -3.38. The van der Waals surface area contributed by atoms with Crippen molar-refractivity contribution in [2.45, 2.75) is 19.1 Å². The minimum Gasteiger partial charge on any atom is -0.497 e. The van der Waals surface area contributed by atoms with Crippen molar-refractivity contribution in [2.24, 2.45) is 11.8 Å². The van der Waals surface area contributed by atoms with Crippen LogP contribution >= 0.6 is 0 Å². The second kappa shape index (κ2) is 9.24. The lowest BCUT2D eigenvalue weighted by Gasteiger charge is -2.20. The molecule has 5 nitrogen and oxygen atoms in total. The number of halogens is 1. The van der Waals surface area contributed by atoms with Gasteiger partial charge in [-0.1, -0.05) is 48.5 Å². The molecular weight excluding hydrogens is 419 g/mol. The van der Waals surface area contributed by atoms with Crippen molar-refractivity contribution in [3.8, 4) is 5.75 Å². The number of nitrogens with one attached hydrogen (secondary N) is 1. The molecule has 1 saturated heterocycles. The van der Waals surface area contributed by atoms with Crippen LogP contribution in [0.25, 0.3) is 0 Å². The fraction of sp³-hybridized carbons (Fsp3) is 0.296. The van der Waals surface area contributed by atoms with Gasteiger partial charge in [-0.2, -0.15) is 0 Å². The summed E-state index contributed by atoms with van der Waals surface area (Å²) in [6, 6.07) is 22.5. The Morgan fingerprint density at radius 1 is 1.00 bits per heavy atom. The molecule has 1 heterocycles. The number of fused-ring (bicyclic) bond motifs is 1. The van der Waals surface area contributed by atoms with E-state index in [0.29, 0.717) is 17.5 Å². The number of piperidine rings is 1. The molecule has 3 aromatic carbocycles. The first-order valence-corrected chi connectivity index (χ1v) is 11.2. The molecule has 1 saturated carbocycles. The highest BCUT2D eigenvalue weighted by molar-refractivity contribution is 5.84. The Labute approximate surface area is 193 Å². The van der Waals surface area contributed by atoms with Crippen LogP contribution in [-0.2, 0) is 17.9 Å². The fourth-order valence-electron chi connectivity index (χ4n) is 4.95. The lowest BCUT2D eigenvalue weighted by molar-refractivity contribution is 0.155. The normalized spacial score (nSPS) is 21.3. The molecule has 33 heavy (non-hydrogen) atoms. The first-order valence-electron chi connectivity index (χ1n) is 11.2. The van der Waals surface area contributed by atoms with Crippen LogP contribution in [0.3, 0.4) is 0 Å². The largest absolute Gasteiger partial charge is 0.497 e. The lowest BCUT2D eigenvalue weighted by atomic mass is 10.1. The van der Waals surface area contributed by atoms with E-state index in [2.05, 4.69) is 22.3 Å². The quantitative estimate of drug-likeness (QED) is 0.526. The Morgan fingerprint density at radius 2 is 1.73 bits per heavy atom. The van der Waals surface area contributed by atoms with Crippen LogP contribution in [0.2, 0.25) is 0 Å². The Kier molecular flexibility index (Phi) is 6.01. The molecule has 170 valence electrons. The maximum Gasteiger partial charge on any atom is 0.411 e. The second-order valence-electron chi connectivity index (χ2n) is 8.82. The first-order chi connectivity index (χ1) is 16.1. The first kappa shape index (κ1) is 21.5. The van der Waals surface area contributed by atoms with Gasteiger partial charge in [0.05, 0.1) is 7.11 Å². The van der Waals surface area contributed by atoms with E-state index in [9.17, 15) is 9.18 Å². The Bertz CT molecular complexity index is 1110. The summed E-state index contributed by atoms with van der Waals surface area (Å²) < 4.78 is 25.3. The molecule has 0 spiro atoms. The minimum atomic E-state index is -0.594. The van der Waals surface area contributed by atoms with Gasteiger partial charge in [0, 0.05) is 25.3 Å². The van der Waals surface area contributed by atoms with Gasteiger partial charge in [-0.3, -0.25) is 10.2 Å². The maximum atomic E-state index is 14.8. The molecule has 2 fully saturated rings. The van der Waals surface area contributed by atoms with E-state index >= 15 is 0 Å². The fourth-order valence-corrected chi connectivity index (χ4v) is 4.95. The average Bonchev–Trinajstić information content (AvgIpc) is 3.31. The van der Waals surface area contributed by atoms with Crippen molar-refractivity contribution in [1.29, 1.82) is 0 Å². The zero-order chi connectivity index (χ0) is 22.8. The van der Waals surface area contributed by atoms with Gasteiger partial charge in [0.25, 0.3) is 0 Å². The number of rotatable bonds is 7. The molecule has 3 atom stereocenters. The minimum absolute atomic E-state index is 0.172. The van der Waals surface area contributed by atoms with Crippen molar-refractivity contribution in [2.75, 3.05) is 25.5 Å². The monoisotopic (exact) mass is 446 g/mol. The van der Waals surface area contributed by atoms with Crippen LogP contribution in [0.4, 0.5) is 14.9 Å². The number of hydrogen-bond donors (Lipinski definition) is 1. The summed E-state index contributed by atoms with van der Waals surface area (Å²) in [7, 11) is 1.67. The van der Waals surface area contributed by atoms with E-state index in [1.54, 1.807) is 19.2 Å². The molecule has 1 aliphatic heterocycles. The van der Waals surface area contributed by atoms with E-state index in [4.69, 9.17) is 9.47 Å². The Balaban J connectivity index is 1.12. The molecule has 0 aromatic heterocycles. The summed E-state index contributed by atoms with van der Waals surface area (Å²) in [6.07, 6.45) is -0.594.